The van der Waals surface area contributed by atoms with Crippen LogP contribution in [0.2, 0.25) is 0 Å². The lowest BCUT2D eigenvalue weighted by Gasteiger charge is -1.89. The molecule has 8 nitrogen and oxygen atoms in total. The molecule has 0 aliphatic carbocycles. The molecular weight excluding hydrogens is 186 g/mol. The van der Waals surface area contributed by atoms with Gasteiger partial charge in [0.1, 0.15) is 0 Å². The van der Waals surface area contributed by atoms with Gasteiger partial charge in [0.05, 0.1) is 31.8 Å². The molecule has 0 aliphatic rings. The van der Waals surface area contributed by atoms with Crippen LogP contribution in [0.3, 0.4) is 0 Å². The van der Waals surface area contributed by atoms with Crippen LogP contribution >= 0.6 is 0 Å². The first kappa shape index (κ1) is 18.5. The smallest absolute Gasteiger partial charge is 0.0969 e. The van der Waals surface area contributed by atoms with Crippen LogP contribution in [0.4, 0.5) is 0 Å². The van der Waals surface area contributed by atoms with Crippen LogP contribution in [0.5, 0.6) is 0 Å². The lowest BCUT2D eigenvalue weighted by molar-refractivity contribution is 0.295. The van der Waals surface area contributed by atoms with Crippen molar-refractivity contribution in [3.63, 3.8) is 0 Å². The molecule has 9 N–H and O–H groups in total. The van der Waals surface area contributed by atoms with Gasteiger partial charge in [-0.1, -0.05) is 0 Å². The number of rotatable bonds is 4. The Labute approximate surface area is 83.2 Å². The molecule has 0 saturated carbocycles. The minimum Gasteiger partial charge on any atom is -0.395 e. The van der Waals surface area contributed by atoms with Crippen molar-refractivity contribution in [3.05, 3.63) is 0 Å². The molecule has 0 unspecified atom stereocenters. The number of nitriles is 2. The molecule has 0 atom stereocenters. The van der Waals surface area contributed by atoms with Gasteiger partial charge in [-0.15, -0.1) is 0 Å². The van der Waals surface area contributed by atoms with E-state index >= 15 is 0 Å². The zero-order chi connectivity index (χ0) is 11.7. The number of nitrogens with zero attached hydrogens (tertiary/aromatic N) is 2. The van der Waals surface area contributed by atoms with E-state index in [4.69, 9.17) is 15.6 Å². The molecule has 0 saturated heterocycles. The van der Waals surface area contributed by atoms with Crippen molar-refractivity contribution in [1.29, 1.82) is 10.5 Å². The zero-order valence-corrected chi connectivity index (χ0v) is 7.90. The second kappa shape index (κ2) is 29.8. The third kappa shape index (κ3) is 45.3. The molecule has 0 aromatic rings. The molecule has 0 amide bonds. The van der Waals surface area contributed by atoms with E-state index in [0.29, 0.717) is 13.1 Å². The summed E-state index contributed by atoms with van der Waals surface area (Å²) in [5, 5.41) is 26.4. The molecule has 0 radical (unpaired) electrons. The van der Waals surface area contributed by atoms with Gasteiger partial charge in [0, 0.05) is 6.54 Å². The summed E-state index contributed by atoms with van der Waals surface area (Å²) >= 11 is 0. The summed E-state index contributed by atoms with van der Waals surface area (Å²) in [5.74, 6) is 12.7. The largest absolute Gasteiger partial charge is 0.395 e. The summed E-state index contributed by atoms with van der Waals surface area (Å²) in [5.41, 5.74) is 2.16. The standard InChI is InChI=1S/C4H8N2O.C2H5N3.H4N2/c5-1-2-6-3-4-7;3-1-2-5-4;1-2/h6-7H,2-4H2;5H,2,4H2;1-2H2. The average molecular weight is 203 g/mol. The number of aliphatic hydroxyl groups excluding tert-OH is 1. The molecule has 0 fully saturated rings. The molecule has 0 bridgehead atoms. The first-order valence-corrected chi connectivity index (χ1v) is 3.65. The first-order valence-electron chi connectivity index (χ1n) is 3.65. The Balaban J connectivity index is -0.000000152. The summed E-state index contributed by atoms with van der Waals surface area (Å²) in [6, 6.07) is 3.66. The number of nitrogens with one attached hydrogen (secondary N) is 2. The number of hydrogen-bond acceptors (Lipinski definition) is 8. The highest BCUT2D eigenvalue weighted by Gasteiger charge is 1.76. The minimum atomic E-state index is 0.0989. The maximum Gasteiger partial charge on any atom is 0.0969 e. The van der Waals surface area contributed by atoms with E-state index in [-0.39, 0.29) is 13.2 Å². The lowest BCUT2D eigenvalue weighted by atomic mass is 10.6. The fourth-order valence-electron chi connectivity index (χ4n) is 0.269. The molecule has 0 heterocycles. The lowest BCUT2D eigenvalue weighted by Crippen LogP contribution is -2.21. The van der Waals surface area contributed by atoms with Crippen LogP contribution in [-0.2, 0) is 0 Å². The zero-order valence-electron chi connectivity index (χ0n) is 7.90. The fraction of sp³-hybridized carbons (Fsp3) is 0.667. The normalized spacial score (nSPS) is 6.71. The number of hydrazine groups is 2. The molecule has 0 aliphatic heterocycles. The fourth-order valence-corrected chi connectivity index (χ4v) is 0.269. The molecule has 82 valence electrons. The van der Waals surface area contributed by atoms with Gasteiger partial charge in [-0.2, -0.15) is 10.5 Å². The van der Waals surface area contributed by atoms with Crippen molar-refractivity contribution in [2.24, 2.45) is 17.5 Å². The van der Waals surface area contributed by atoms with Gasteiger partial charge in [-0.25, -0.2) is 5.43 Å². The van der Waals surface area contributed by atoms with Gasteiger partial charge in [0.2, 0.25) is 0 Å². The highest BCUT2D eigenvalue weighted by Crippen LogP contribution is 1.52. The van der Waals surface area contributed by atoms with E-state index in [1.165, 1.54) is 0 Å². The third-order valence-corrected chi connectivity index (χ3v) is 0.674. The van der Waals surface area contributed by atoms with Gasteiger partial charge in [0.15, 0.2) is 0 Å². The molecule has 0 aromatic carbocycles. The first-order chi connectivity index (χ1) is 6.83. The topological polar surface area (TPSA) is 170 Å². The SMILES string of the molecule is N#CCNCCO.N#CCNN.NN. The molecular formula is C6H17N7O. The Morgan fingerprint density at radius 1 is 1.14 bits per heavy atom. The molecule has 0 spiro atoms. The van der Waals surface area contributed by atoms with Crippen LogP contribution in [0.25, 0.3) is 0 Å². The Hall–Kier alpha value is -1.26. The van der Waals surface area contributed by atoms with E-state index < -0.39 is 0 Å². The Kier molecular flexibility index (Phi) is 39.4. The highest BCUT2D eigenvalue weighted by molar-refractivity contribution is 4.71. The second-order valence-corrected chi connectivity index (χ2v) is 1.60. The highest BCUT2D eigenvalue weighted by atomic mass is 16.3. The van der Waals surface area contributed by atoms with Crippen molar-refractivity contribution in [2.75, 3.05) is 26.2 Å². The van der Waals surface area contributed by atoms with Crippen molar-refractivity contribution >= 4 is 0 Å². The number of aliphatic hydroxyl groups is 1. The maximum atomic E-state index is 8.12. The van der Waals surface area contributed by atoms with Crippen molar-refractivity contribution in [2.45, 2.75) is 0 Å². The Morgan fingerprint density at radius 2 is 1.64 bits per heavy atom. The molecule has 0 rings (SSSR count). The second-order valence-electron chi connectivity index (χ2n) is 1.60. The summed E-state index contributed by atoms with van der Waals surface area (Å²) in [7, 11) is 0. The van der Waals surface area contributed by atoms with Gasteiger partial charge in [-0.3, -0.25) is 17.5 Å². The maximum absolute atomic E-state index is 8.12. The summed E-state index contributed by atoms with van der Waals surface area (Å²) in [6.45, 7) is 1.15. The molecule has 14 heavy (non-hydrogen) atoms. The Morgan fingerprint density at radius 3 is 1.86 bits per heavy atom. The summed E-state index contributed by atoms with van der Waals surface area (Å²) in [4.78, 5) is 0. The summed E-state index contributed by atoms with van der Waals surface area (Å²) < 4.78 is 0. The van der Waals surface area contributed by atoms with Gasteiger partial charge in [0.25, 0.3) is 0 Å². The van der Waals surface area contributed by atoms with Gasteiger partial charge in [-0.05, 0) is 0 Å². The number of nitrogens with two attached hydrogens (primary N) is 3. The Bertz CT molecular complexity index is 149. The van der Waals surface area contributed by atoms with Crippen molar-refractivity contribution in [1.82, 2.24) is 10.7 Å². The van der Waals surface area contributed by atoms with Crippen LogP contribution in [0, 0.1) is 22.7 Å². The molecule has 0 aromatic heterocycles. The number of hydrogen-bond donors (Lipinski definition) is 6. The quantitative estimate of drug-likeness (QED) is 0.121. The third-order valence-electron chi connectivity index (χ3n) is 0.674. The predicted molar refractivity (Wildman–Crippen MR) is 51.7 cm³/mol. The van der Waals surface area contributed by atoms with E-state index in [2.05, 4.69) is 28.3 Å². The van der Waals surface area contributed by atoms with Gasteiger partial charge < -0.3 is 10.4 Å². The van der Waals surface area contributed by atoms with E-state index in [9.17, 15) is 0 Å². The monoisotopic (exact) mass is 203 g/mol. The van der Waals surface area contributed by atoms with E-state index in [1.807, 2.05) is 6.07 Å². The molecule has 8 heteroatoms. The van der Waals surface area contributed by atoms with Crippen LogP contribution < -0.4 is 28.3 Å². The average Bonchev–Trinajstić information content (AvgIpc) is 2.24. The minimum absolute atomic E-state index is 0.0989. The van der Waals surface area contributed by atoms with Crippen LogP contribution in [0.15, 0.2) is 0 Å². The van der Waals surface area contributed by atoms with Gasteiger partial charge >= 0.3 is 0 Å². The van der Waals surface area contributed by atoms with Crippen LogP contribution in [0.1, 0.15) is 0 Å². The van der Waals surface area contributed by atoms with Crippen molar-refractivity contribution < 1.29 is 5.11 Å². The van der Waals surface area contributed by atoms with Crippen molar-refractivity contribution in [3.8, 4) is 12.1 Å². The van der Waals surface area contributed by atoms with E-state index in [1.54, 1.807) is 6.07 Å². The predicted octanol–water partition coefficient (Wildman–Crippen LogP) is -3.12. The van der Waals surface area contributed by atoms with Crippen LogP contribution in [-0.4, -0.2) is 31.3 Å². The van der Waals surface area contributed by atoms with E-state index in [0.717, 1.165) is 0 Å². The summed E-state index contributed by atoms with van der Waals surface area (Å²) in [6.07, 6.45) is 0.